The average Bonchev–Trinajstić information content (AvgIpc) is 3.47. The zero-order valence-corrected chi connectivity index (χ0v) is 31.9. The number of phenolic OH excluding ortho intramolecular Hbond substituents is 1. The van der Waals surface area contributed by atoms with Crippen LogP contribution < -0.4 is 0 Å². The molecule has 6 aromatic rings. The van der Waals surface area contributed by atoms with Gasteiger partial charge in [0.25, 0.3) is 0 Å². The van der Waals surface area contributed by atoms with Crippen LogP contribution in [-0.2, 0) is 16.2 Å². The number of aromatic nitrogens is 3. The van der Waals surface area contributed by atoms with Crippen molar-refractivity contribution >= 4 is 16.6 Å². The molecule has 0 bridgehead atoms. The van der Waals surface area contributed by atoms with Crippen molar-refractivity contribution < 1.29 is 5.11 Å². The molecule has 6 rings (SSSR count). The second-order valence-electron chi connectivity index (χ2n) is 16.7. The summed E-state index contributed by atoms with van der Waals surface area (Å²) in [4.78, 5) is 10.2. The van der Waals surface area contributed by atoms with Crippen LogP contribution in [-0.4, -0.2) is 19.6 Å². The van der Waals surface area contributed by atoms with E-state index >= 15 is 0 Å². The first-order valence-electron chi connectivity index (χ1n) is 17.9. The number of imidazole rings is 1. The largest absolute Gasteiger partial charge is 0.507 e. The maximum atomic E-state index is 11.2. The standard InChI is InChI=1S/C47H51N3O/c1-12-30(13-2)31-21-22-48-40(26-31)33-23-32(24-34(25-33)45(3,4)5)38-18-16-19-41-43(38)49-44(39-17-14-15-20-42(39)51)50(41)37-28-35(46(6,7)8)27-36(29-37)47(9,10)11/h12-29,51H,1H2,2-11H3/b30-13+. The van der Waals surface area contributed by atoms with Crippen LogP contribution in [0.1, 0.15) is 91.5 Å². The Bertz CT molecular complexity index is 2270. The Morgan fingerprint density at radius 3 is 1.90 bits per heavy atom. The Kier molecular flexibility index (Phi) is 9.18. The second-order valence-corrected chi connectivity index (χ2v) is 16.7. The van der Waals surface area contributed by atoms with Gasteiger partial charge in [-0.1, -0.05) is 117 Å². The van der Waals surface area contributed by atoms with Gasteiger partial charge in [0.15, 0.2) is 0 Å². The van der Waals surface area contributed by atoms with Gasteiger partial charge in [0, 0.05) is 23.0 Å². The van der Waals surface area contributed by atoms with Crippen LogP contribution in [0.4, 0.5) is 0 Å². The molecule has 1 N–H and O–H groups in total. The van der Waals surface area contributed by atoms with Crippen LogP contribution in [0.5, 0.6) is 5.75 Å². The highest BCUT2D eigenvalue weighted by molar-refractivity contribution is 5.97. The molecule has 0 fully saturated rings. The molecule has 0 saturated heterocycles. The van der Waals surface area contributed by atoms with E-state index in [1.165, 1.54) is 16.7 Å². The summed E-state index contributed by atoms with van der Waals surface area (Å²) in [6, 6.07) is 31.8. The quantitative estimate of drug-likeness (QED) is 0.179. The Morgan fingerprint density at radius 2 is 1.29 bits per heavy atom. The molecule has 0 saturated carbocycles. The fraction of sp³-hybridized carbons (Fsp3) is 0.277. The predicted octanol–water partition coefficient (Wildman–Crippen LogP) is 12.6. The van der Waals surface area contributed by atoms with Gasteiger partial charge in [-0.3, -0.25) is 9.55 Å². The van der Waals surface area contributed by atoms with E-state index in [0.29, 0.717) is 11.4 Å². The molecule has 2 aromatic heterocycles. The molecular weight excluding hydrogens is 623 g/mol. The molecule has 0 aliphatic heterocycles. The van der Waals surface area contributed by atoms with Crippen LogP contribution in [0, 0.1) is 0 Å². The van der Waals surface area contributed by atoms with Crippen molar-refractivity contribution in [3.63, 3.8) is 0 Å². The molecule has 4 nitrogen and oxygen atoms in total. The van der Waals surface area contributed by atoms with Crippen LogP contribution in [0.15, 0.2) is 116 Å². The third kappa shape index (κ3) is 7.05. The Labute approximate surface area is 304 Å². The minimum Gasteiger partial charge on any atom is -0.507 e. The first-order valence-corrected chi connectivity index (χ1v) is 17.9. The molecule has 0 unspecified atom stereocenters. The van der Waals surface area contributed by atoms with E-state index in [2.05, 4.69) is 140 Å². The average molecular weight is 674 g/mol. The van der Waals surface area contributed by atoms with Crippen LogP contribution >= 0.6 is 0 Å². The predicted molar refractivity (Wildman–Crippen MR) is 217 cm³/mol. The van der Waals surface area contributed by atoms with Gasteiger partial charge in [-0.25, -0.2) is 4.98 Å². The van der Waals surface area contributed by atoms with Crippen LogP contribution in [0.2, 0.25) is 0 Å². The summed E-state index contributed by atoms with van der Waals surface area (Å²) in [6.45, 7) is 26.3. The van der Waals surface area contributed by atoms with Crippen molar-refractivity contribution in [2.24, 2.45) is 0 Å². The van der Waals surface area contributed by atoms with Gasteiger partial charge in [-0.15, -0.1) is 0 Å². The lowest BCUT2D eigenvalue weighted by atomic mass is 9.80. The Balaban J connectivity index is 1.67. The highest BCUT2D eigenvalue weighted by atomic mass is 16.3. The number of benzene rings is 4. The Hall–Kier alpha value is -5.22. The van der Waals surface area contributed by atoms with Crippen molar-refractivity contribution in [3.8, 4) is 45.2 Å². The number of nitrogens with zero attached hydrogens (tertiary/aromatic N) is 3. The van der Waals surface area contributed by atoms with E-state index in [1.807, 2.05) is 43.5 Å². The second kappa shape index (κ2) is 13.2. The van der Waals surface area contributed by atoms with Crippen molar-refractivity contribution in [3.05, 3.63) is 138 Å². The normalized spacial score (nSPS) is 12.8. The third-order valence-electron chi connectivity index (χ3n) is 9.77. The number of hydrogen-bond donors (Lipinski definition) is 1. The van der Waals surface area contributed by atoms with E-state index in [-0.39, 0.29) is 22.0 Å². The van der Waals surface area contributed by atoms with Crippen molar-refractivity contribution in [2.75, 3.05) is 0 Å². The first kappa shape index (κ1) is 35.6. The van der Waals surface area contributed by atoms with E-state index in [0.717, 1.165) is 50.2 Å². The maximum absolute atomic E-state index is 11.2. The summed E-state index contributed by atoms with van der Waals surface area (Å²) in [6.07, 6.45) is 5.83. The molecule has 0 amide bonds. The summed E-state index contributed by atoms with van der Waals surface area (Å²) in [5.41, 5.74) is 13.2. The first-order chi connectivity index (χ1) is 24.0. The van der Waals surface area contributed by atoms with E-state index < -0.39 is 0 Å². The van der Waals surface area contributed by atoms with E-state index in [1.54, 1.807) is 6.07 Å². The van der Waals surface area contributed by atoms with Gasteiger partial charge in [0.05, 0.1) is 22.3 Å². The monoisotopic (exact) mass is 673 g/mol. The SMILES string of the molecule is C=C/C(=C\C)c1ccnc(-c2cc(-c3cccc4c3nc(-c3ccccc3O)n4-c3cc(C(C)(C)C)cc(C(C)(C)C)c3)cc(C(C)(C)C)c2)c1. The molecule has 0 aliphatic carbocycles. The zero-order chi connectivity index (χ0) is 36.9. The number of allylic oxidation sites excluding steroid dienone is 3. The maximum Gasteiger partial charge on any atom is 0.149 e. The van der Waals surface area contributed by atoms with Gasteiger partial charge in [-0.05, 0) is 111 Å². The summed E-state index contributed by atoms with van der Waals surface area (Å²) in [5.74, 6) is 0.896. The van der Waals surface area contributed by atoms with Gasteiger partial charge < -0.3 is 5.11 Å². The molecule has 2 heterocycles. The zero-order valence-electron chi connectivity index (χ0n) is 31.9. The summed E-state index contributed by atoms with van der Waals surface area (Å²) in [5, 5.41) is 11.2. The van der Waals surface area contributed by atoms with Gasteiger partial charge in [0.2, 0.25) is 0 Å². The lowest BCUT2D eigenvalue weighted by molar-refractivity contribution is 0.477. The number of rotatable bonds is 6. The molecule has 4 heteroatoms. The number of pyridine rings is 1. The molecule has 260 valence electrons. The molecule has 0 radical (unpaired) electrons. The van der Waals surface area contributed by atoms with Crippen molar-refractivity contribution in [1.29, 1.82) is 0 Å². The fourth-order valence-electron chi connectivity index (χ4n) is 6.58. The molecule has 4 aromatic carbocycles. The fourth-order valence-corrected chi connectivity index (χ4v) is 6.58. The molecular formula is C47H51N3O. The number of aromatic hydroxyl groups is 1. The number of phenols is 1. The summed E-state index contributed by atoms with van der Waals surface area (Å²) >= 11 is 0. The number of fused-ring (bicyclic) bond motifs is 1. The van der Waals surface area contributed by atoms with Crippen molar-refractivity contribution in [2.45, 2.75) is 85.5 Å². The molecule has 51 heavy (non-hydrogen) atoms. The minimum absolute atomic E-state index is 0.0684. The van der Waals surface area contributed by atoms with Crippen LogP contribution in [0.25, 0.3) is 56.1 Å². The van der Waals surface area contributed by atoms with Crippen LogP contribution in [0.3, 0.4) is 0 Å². The van der Waals surface area contributed by atoms with E-state index in [4.69, 9.17) is 9.97 Å². The molecule has 0 spiro atoms. The van der Waals surface area contributed by atoms with Gasteiger partial charge >= 0.3 is 0 Å². The molecule has 0 atom stereocenters. The summed E-state index contributed by atoms with van der Waals surface area (Å²) < 4.78 is 2.23. The highest BCUT2D eigenvalue weighted by Crippen LogP contribution is 2.41. The number of hydrogen-bond acceptors (Lipinski definition) is 3. The van der Waals surface area contributed by atoms with Gasteiger partial charge in [0.1, 0.15) is 11.6 Å². The van der Waals surface area contributed by atoms with E-state index in [9.17, 15) is 5.11 Å². The lowest BCUT2D eigenvalue weighted by Gasteiger charge is -2.27. The topological polar surface area (TPSA) is 50.9 Å². The molecule has 0 aliphatic rings. The van der Waals surface area contributed by atoms with Gasteiger partial charge in [-0.2, -0.15) is 0 Å². The van der Waals surface area contributed by atoms with Crippen molar-refractivity contribution in [1.82, 2.24) is 14.5 Å². The third-order valence-corrected chi connectivity index (χ3v) is 9.77. The number of para-hydroxylation sites is 2. The lowest BCUT2D eigenvalue weighted by Crippen LogP contribution is -2.17. The Morgan fingerprint density at radius 1 is 0.686 bits per heavy atom. The summed E-state index contributed by atoms with van der Waals surface area (Å²) in [7, 11) is 0. The minimum atomic E-state index is -0.108. The smallest absolute Gasteiger partial charge is 0.149 e. The highest BCUT2D eigenvalue weighted by Gasteiger charge is 2.25.